The quantitative estimate of drug-likeness (QED) is 0.544. The Kier molecular flexibility index (Phi) is 2.14. The first kappa shape index (κ1) is 7.56. The molecule has 0 bridgehead atoms. The summed E-state index contributed by atoms with van der Waals surface area (Å²) in [5, 5.41) is 13.0. The third-order valence-electron chi connectivity index (χ3n) is 3.11. The molecule has 11 heavy (non-hydrogen) atoms. The maximum atomic E-state index is 9.42. The third-order valence-corrected chi connectivity index (χ3v) is 3.11. The summed E-state index contributed by atoms with van der Waals surface area (Å²) in [5.74, 6) is 0.771. The van der Waals surface area contributed by atoms with E-state index in [4.69, 9.17) is 0 Å². The van der Waals surface area contributed by atoms with E-state index in [-0.39, 0.29) is 6.10 Å². The molecule has 1 saturated carbocycles. The molecule has 2 heteroatoms. The number of fused-ring (bicyclic) bond motifs is 1. The second-order valence-corrected chi connectivity index (χ2v) is 3.93. The van der Waals surface area contributed by atoms with Crippen LogP contribution in [0.25, 0.3) is 0 Å². The smallest absolute Gasteiger partial charge is 0.0544 e. The lowest BCUT2D eigenvalue weighted by Gasteiger charge is -2.38. The van der Waals surface area contributed by atoms with E-state index in [1.165, 1.54) is 25.8 Å². The molecule has 2 fully saturated rings. The number of nitrogens with one attached hydrogen (secondary N) is 1. The molecule has 0 aromatic carbocycles. The number of aliphatic hydroxyl groups is 1. The maximum absolute atomic E-state index is 9.42. The van der Waals surface area contributed by atoms with Gasteiger partial charge in [0, 0.05) is 6.04 Å². The summed E-state index contributed by atoms with van der Waals surface area (Å²) in [7, 11) is 0. The Balaban J connectivity index is 1.93. The largest absolute Gasteiger partial charge is 0.393 e. The van der Waals surface area contributed by atoms with Crippen LogP contribution in [0.5, 0.6) is 0 Å². The molecule has 2 nitrogen and oxygen atoms in total. The van der Waals surface area contributed by atoms with Crippen molar-refractivity contribution in [2.45, 2.75) is 44.2 Å². The third kappa shape index (κ3) is 1.57. The summed E-state index contributed by atoms with van der Waals surface area (Å²) >= 11 is 0. The lowest BCUT2D eigenvalue weighted by atomic mass is 9.78. The first-order valence-corrected chi connectivity index (χ1v) is 4.78. The topological polar surface area (TPSA) is 32.3 Å². The van der Waals surface area contributed by atoms with E-state index < -0.39 is 0 Å². The van der Waals surface area contributed by atoms with Gasteiger partial charge in [0.2, 0.25) is 0 Å². The van der Waals surface area contributed by atoms with Crippen molar-refractivity contribution in [1.29, 1.82) is 0 Å². The van der Waals surface area contributed by atoms with Crippen LogP contribution in [0.15, 0.2) is 0 Å². The highest BCUT2D eigenvalue weighted by molar-refractivity contribution is 4.87. The molecule has 1 aliphatic heterocycles. The van der Waals surface area contributed by atoms with Crippen molar-refractivity contribution < 1.29 is 5.11 Å². The first-order chi connectivity index (χ1) is 5.36. The van der Waals surface area contributed by atoms with Crippen molar-refractivity contribution in [3.05, 3.63) is 0 Å². The summed E-state index contributed by atoms with van der Waals surface area (Å²) in [4.78, 5) is 0. The highest BCUT2D eigenvalue weighted by Gasteiger charge is 2.30. The lowest BCUT2D eigenvalue weighted by molar-refractivity contribution is 0.0679. The van der Waals surface area contributed by atoms with Gasteiger partial charge in [0.1, 0.15) is 0 Å². The molecular weight excluding hydrogens is 138 g/mol. The Morgan fingerprint density at radius 2 is 2.09 bits per heavy atom. The molecule has 0 radical (unpaired) electrons. The minimum atomic E-state index is -0.00356. The van der Waals surface area contributed by atoms with Crippen LogP contribution in [0.2, 0.25) is 0 Å². The predicted molar refractivity (Wildman–Crippen MR) is 44.4 cm³/mol. The van der Waals surface area contributed by atoms with Crippen LogP contribution in [-0.2, 0) is 0 Å². The average Bonchev–Trinajstić information content (AvgIpc) is 2.04. The molecule has 0 spiro atoms. The van der Waals surface area contributed by atoms with Gasteiger partial charge in [0.05, 0.1) is 6.10 Å². The van der Waals surface area contributed by atoms with E-state index in [1.807, 2.05) is 0 Å². The molecule has 0 unspecified atom stereocenters. The molecule has 64 valence electrons. The van der Waals surface area contributed by atoms with E-state index in [9.17, 15) is 5.11 Å². The van der Waals surface area contributed by atoms with Crippen molar-refractivity contribution in [3.8, 4) is 0 Å². The second kappa shape index (κ2) is 3.11. The van der Waals surface area contributed by atoms with Crippen molar-refractivity contribution in [2.24, 2.45) is 5.92 Å². The van der Waals surface area contributed by atoms with Gasteiger partial charge >= 0.3 is 0 Å². The van der Waals surface area contributed by atoms with Gasteiger partial charge in [0.25, 0.3) is 0 Å². The summed E-state index contributed by atoms with van der Waals surface area (Å²) in [6.07, 6.45) is 5.86. The fourth-order valence-electron chi connectivity index (χ4n) is 2.48. The average molecular weight is 155 g/mol. The Morgan fingerprint density at radius 3 is 3.00 bits per heavy atom. The Hall–Kier alpha value is -0.0800. The number of rotatable bonds is 0. The summed E-state index contributed by atoms with van der Waals surface area (Å²) in [6.45, 7) is 1.19. The van der Waals surface area contributed by atoms with Gasteiger partial charge in [0.15, 0.2) is 0 Å². The maximum Gasteiger partial charge on any atom is 0.0544 e. The van der Waals surface area contributed by atoms with Crippen molar-refractivity contribution in [2.75, 3.05) is 6.54 Å². The summed E-state index contributed by atoms with van der Waals surface area (Å²) < 4.78 is 0. The lowest BCUT2D eigenvalue weighted by Crippen LogP contribution is -2.45. The number of piperidine rings is 1. The second-order valence-electron chi connectivity index (χ2n) is 3.93. The molecule has 0 aromatic heterocycles. The standard InChI is InChI=1S/C9H17NO/c11-8-3-4-9-7(6-8)2-1-5-10-9/h7-11H,1-6H2/t7-,8-,9+/m1/s1. The molecule has 2 aliphatic rings. The monoisotopic (exact) mass is 155 g/mol. The SMILES string of the molecule is O[C@@H]1CC[C@@H]2NCCC[C@@H]2C1. The van der Waals surface area contributed by atoms with Crippen LogP contribution >= 0.6 is 0 Å². The Labute approximate surface area is 68.0 Å². The number of hydrogen-bond donors (Lipinski definition) is 2. The van der Waals surface area contributed by atoms with Gasteiger partial charge in [-0.15, -0.1) is 0 Å². The fourth-order valence-corrected chi connectivity index (χ4v) is 2.48. The molecule has 1 aliphatic carbocycles. The van der Waals surface area contributed by atoms with E-state index in [2.05, 4.69) is 5.32 Å². The van der Waals surface area contributed by atoms with Gasteiger partial charge in [-0.1, -0.05) is 0 Å². The Morgan fingerprint density at radius 1 is 1.18 bits per heavy atom. The van der Waals surface area contributed by atoms with E-state index in [1.54, 1.807) is 0 Å². The summed E-state index contributed by atoms with van der Waals surface area (Å²) in [5.41, 5.74) is 0. The van der Waals surface area contributed by atoms with Crippen LogP contribution in [0.1, 0.15) is 32.1 Å². The van der Waals surface area contributed by atoms with Gasteiger partial charge in [-0.2, -0.15) is 0 Å². The summed E-state index contributed by atoms with van der Waals surface area (Å²) in [6, 6.07) is 0.729. The van der Waals surface area contributed by atoms with Crippen LogP contribution in [0, 0.1) is 5.92 Å². The van der Waals surface area contributed by atoms with E-state index >= 15 is 0 Å². The van der Waals surface area contributed by atoms with Crippen LogP contribution in [-0.4, -0.2) is 23.8 Å². The Bertz CT molecular complexity index is 138. The molecule has 0 amide bonds. The zero-order valence-electron chi connectivity index (χ0n) is 6.92. The normalized spacial score (nSPS) is 45.0. The minimum Gasteiger partial charge on any atom is -0.393 e. The van der Waals surface area contributed by atoms with Crippen LogP contribution < -0.4 is 5.32 Å². The molecule has 1 saturated heterocycles. The van der Waals surface area contributed by atoms with Crippen molar-refractivity contribution >= 4 is 0 Å². The van der Waals surface area contributed by atoms with Gasteiger partial charge in [-0.3, -0.25) is 0 Å². The molecule has 1 heterocycles. The van der Waals surface area contributed by atoms with Crippen LogP contribution in [0.3, 0.4) is 0 Å². The number of aliphatic hydroxyl groups excluding tert-OH is 1. The zero-order valence-corrected chi connectivity index (χ0v) is 6.92. The van der Waals surface area contributed by atoms with E-state index in [0.29, 0.717) is 0 Å². The van der Waals surface area contributed by atoms with Gasteiger partial charge in [-0.25, -0.2) is 0 Å². The minimum absolute atomic E-state index is 0.00356. The number of hydrogen-bond acceptors (Lipinski definition) is 2. The molecule has 3 atom stereocenters. The van der Waals surface area contributed by atoms with Crippen molar-refractivity contribution in [1.82, 2.24) is 5.32 Å². The van der Waals surface area contributed by atoms with Gasteiger partial charge < -0.3 is 10.4 Å². The molecule has 2 N–H and O–H groups in total. The highest BCUT2D eigenvalue weighted by Crippen LogP contribution is 2.30. The fraction of sp³-hybridized carbons (Fsp3) is 1.00. The van der Waals surface area contributed by atoms with Crippen molar-refractivity contribution in [3.63, 3.8) is 0 Å². The highest BCUT2D eigenvalue weighted by atomic mass is 16.3. The van der Waals surface area contributed by atoms with E-state index in [0.717, 1.165) is 24.8 Å². The van der Waals surface area contributed by atoms with Crippen LogP contribution in [0.4, 0.5) is 0 Å². The molecule has 2 rings (SSSR count). The molecule has 0 aromatic rings. The van der Waals surface area contributed by atoms with Gasteiger partial charge in [-0.05, 0) is 44.6 Å². The zero-order chi connectivity index (χ0) is 7.68. The molecular formula is C9H17NO. The first-order valence-electron chi connectivity index (χ1n) is 4.78. The predicted octanol–water partition coefficient (Wildman–Crippen LogP) is 0.899.